The molecule has 0 aliphatic rings. The summed E-state index contributed by atoms with van der Waals surface area (Å²) in [6.07, 6.45) is 1.60. The van der Waals surface area contributed by atoms with Crippen LogP contribution in [0.2, 0.25) is 0 Å². The highest BCUT2D eigenvalue weighted by molar-refractivity contribution is 9.11. The Kier molecular flexibility index (Phi) is 3.70. The van der Waals surface area contributed by atoms with Crippen molar-refractivity contribution in [3.63, 3.8) is 0 Å². The quantitative estimate of drug-likeness (QED) is 0.664. The Morgan fingerprint density at radius 2 is 2.25 bits per heavy atom. The number of ether oxygens (including phenoxy) is 1. The van der Waals surface area contributed by atoms with E-state index in [0.717, 1.165) is 5.56 Å². The maximum atomic E-state index is 7.15. The summed E-state index contributed by atoms with van der Waals surface area (Å²) in [6, 6.07) is 3.73. The summed E-state index contributed by atoms with van der Waals surface area (Å²) >= 11 is 6.59. The molecular formula is C11H14Br2N2O. The highest BCUT2D eigenvalue weighted by atomic mass is 79.9. The van der Waals surface area contributed by atoms with E-state index in [4.69, 9.17) is 8.85 Å². The minimum atomic E-state index is -2.50. The SMILES string of the molecule is [2H]C([2H])([2H])Oc1c(Br)ccc(/C=N/NC(C)C)c1Br. The molecule has 0 atom stereocenters. The molecule has 1 N–H and O–H groups in total. The average molecular weight is 353 g/mol. The number of hydrogen-bond donors (Lipinski definition) is 1. The highest BCUT2D eigenvalue weighted by Crippen LogP contribution is 2.34. The second kappa shape index (κ2) is 6.25. The Morgan fingerprint density at radius 3 is 2.88 bits per heavy atom. The van der Waals surface area contributed by atoms with Gasteiger partial charge in [-0.25, -0.2) is 0 Å². The van der Waals surface area contributed by atoms with E-state index in [1.807, 2.05) is 13.8 Å². The van der Waals surface area contributed by atoms with Gasteiger partial charge >= 0.3 is 0 Å². The molecule has 0 spiro atoms. The van der Waals surface area contributed by atoms with E-state index in [1.165, 1.54) is 0 Å². The number of nitrogens with zero attached hydrogens (tertiary/aromatic N) is 1. The van der Waals surface area contributed by atoms with Crippen LogP contribution in [0.25, 0.3) is 0 Å². The first kappa shape index (κ1) is 9.48. The third-order valence-corrected chi connectivity index (χ3v) is 3.16. The second-order valence-corrected chi connectivity index (χ2v) is 5.07. The molecule has 0 aliphatic carbocycles. The molecule has 0 bridgehead atoms. The molecule has 0 heterocycles. The van der Waals surface area contributed by atoms with E-state index in [2.05, 4.69) is 42.4 Å². The first-order valence-electron chi connectivity index (χ1n) is 6.16. The minimum Gasteiger partial charge on any atom is -0.494 e. The Bertz CT molecular complexity index is 476. The van der Waals surface area contributed by atoms with Crippen LogP contribution >= 0.6 is 31.9 Å². The minimum absolute atomic E-state index is 0.226. The molecule has 0 unspecified atom stereocenters. The van der Waals surface area contributed by atoms with Gasteiger partial charge in [0.25, 0.3) is 0 Å². The van der Waals surface area contributed by atoms with Gasteiger partial charge in [-0.05, 0) is 51.8 Å². The maximum absolute atomic E-state index is 7.15. The molecule has 0 aromatic heterocycles. The zero-order valence-electron chi connectivity index (χ0n) is 11.9. The number of hydrogen-bond acceptors (Lipinski definition) is 3. The van der Waals surface area contributed by atoms with Crippen LogP contribution < -0.4 is 10.2 Å². The lowest BCUT2D eigenvalue weighted by atomic mass is 10.2. The second-order valence-electron chi connectivity index (χ2n) is 3.42. The first-order valence-corrected chi connectivity index (χ1v) is 6.25. The van der Waals surface area contributed by atoms with Crippen LogP contribution in [-0.2, 0) is 0 Å². The fourth-order valence-electron chi connectivity index (χ4n) is 0.997. The zero-order chi connectivity index (χ0) is 14.6. The number of nitrogens with one attached hydrogen (secondary N) is 1. The van der Waals surface area contributed by atoms with Gasteiger partial charge in [0.1, 0.15) is 5.75 Å². The van der Waals surface area contributed by atoms with E-state index >= 15 is 0 Å². The summed E-state index contributed by atoms with van der Waals surface area (Å²) in [5.74, 6) is 0.230. The van der Waals surface area contributed by atoms with Crippen molar-refractivity contribution in [3.8, 4) is 5.75 Å². The topological polar surface area (TPSA) is 33.6 Å². The van der Waals surface area contributed by atoms with Gasteiger partial charge in [0.15, 0.2) is 0 Å². The van der Waals surface area contributed by atoms with Crippen molar-refractivity contribution in [3.05, 3.63) is 26.6 Å². The molecular weight excluding hydrogens is 336 g/mol. The van der Waals surface area contributed by atoms with Crippen LogP contribution in [0.1, 0.15) is 23.5 Å². The van der Waals surface area contributed by atoms with Crippen molar-refractivity contribution in [1.29, 1.82) is 0 Å². The molecule has 1 aromatic rings. The standard InChI is InChI=1S/C11H14Br2N2O/c1-7(2)15-14-6-8-4-5-9(12)11(16-3)10(8)13/h4-7,15H,1-3H3/b14-6+/i3D3. The summed E-state index contributed by atoms with van der Waals surface area (Å²) in [6.45, 7) is 3.94. The first-order chi connectivity index (χ1) is 8.70. The largest absolute Gasteiger partial charge is 0.494 e. The Morgan fingerprint density at radius 1 is 1.50 bits per heavy atom. The third-order valence-electron chi connectivity index (χ3n) is 1.72. The van der Waals surface area contributed by atoms with Crippen molar-refractivity contribution in [1.82, 2.24) is 5.43 Å². The molecule has 5 heteroatoms. The monoisotopic (exact) mass is 351 g/mol. The van der Waals surface area contributed by atoms with Crippen molar-refractivity contribution in [2.24, 2.45) is 5.10 Å². The summed E-state index contributed by atoms with van der Waals surface area (Å²) in [5.41, 5.74) is 3.61. The average Bonchev–Trinajstić information content (AvgIpc) is 2.26. The lowest BCUT2D eigenvalue weighted by Gasteiger charge is -2.08. The molecule has 0 fully saturated rings. The van der Waals surface area contributed by atoms with E-state index in [1.54, 1.807) is 18.3 Å². The van der Waals surface area contributed by atoms with Crippen LogP contribution in [0.5, 0.6) is 5.75 Å². The summed E-state index contributed by atoms with van der Waals surface area (Å²) < 4.78 is 27.5. The molecule has 0 radical (unpaired) electrons. The lowest BCUT2D eigenvalue weighted by molar-refractivity contribution is 0.409. The Labute approximate surface area is 117 Å². The molecule has 3 nitrogen and oxygen atoms in total. The Hall–Kier alpha value is -0.550. The molecule has 88 valence electrons. The smallest absolute Gasteiger partial charge is 0.147 e. The van der Waals surface area contributed by atoms with E-state index < -0.39 is 7.04 Å². The van der Waals surface area contributed by atoms with Crippen LogP contribution in [0.3, 0.4) is 0 Å². The molecule has 0 aliphatic heterocycles. The number of halogens is 2. The normalized spacial score (nSPS) is 14.7. The van der Waals surface area contributed by atoms with Crippen molar-refractivity contribution in [2.45, 2.75) is 19.9 Å². The number of benzene rings is 1. The molecule has 0 amide bonds. The van der Waals surface area contributed by atoms with Crippen LogP contribution in [-0.4, -0.2) is 19.3 Å². The summed E-state index contributed by atoms with van der Waals surface area (Å²) in [5, 5.41) is 4.05. The number of methoxy groups -OCH3 is 1. The van der Waals surface area contributed by atoms with Gasteiger partial charge in [0.05, 0.1) is 26.3 Å². The van der Waals surface area contributed by atoms with Gasteiger partial charge in [-0.2, -0.15) is 5.10 Å². The van der Waals surface area contributed by atoms with Crippen molar-refractivity contribution < 1.29 is 8.85 Å². The maximum Gasteiger partial charge on any atom is 0.147 e. The summed E-state index contributed by atoms with van der Waals surface area (Å²) in [7, 11) is -2.50. The van der Waals surface area contributed by atoms with E-state index in [0.29, 0.717) is 8.95 Å². The van der Waals surface area contributed by atoms with Gasteiger partial charge in [0, 0.05) is 11.6 Å². The van der Waals surface area contributed by atoms with Gasteiger partial charge < -0.3 is 10.2 Å². The molecule has 1 rings (SSSR count). The van der Waals surface area contributed by atoms with Crippen molar-refractivity contribution in [2.75, 3.05) is 7.04 Å². The molecule has 16 heavy (non-hydrogen) atoms. The van der Waals surface area contributed by atoms with Gasteiger partial charge in [-0.1, -0.05) is 6.07 Å². The Balaban J connectivity index is 3.03. The van der Waals surface area contributed by atoms with Crippen LogP contribution in [0.15, 0.2) is 26.2 Å². The van der Waals surface area contributed by atoms with Gasteiger partial charge in [0.2, 0.25) is 0 Å². The molecule has 0 saturated carbocycles. The van der Waals surface area contributed by atoms with E-state index in [-0.39, 0.29) is 11.8 Å². The predicted octanol–water partition coefficient (Wildman–Crippen LogP) is 3.55. The van der Waals surface area contributed by atoms with E-state index in [9.17, 15) is 0 Å². The summed E-state index contributed by atoms with van der Waals surface area (Å²) in [4.78, 5) is 0. The zero-order valence-corrected chi connectivity index (χ0v) is 12.1. The number of rotatable bonds is 4. The van der Waals surface area contributed by atoms with Crippen molar-refractivity contribution >= 4 is 38.1 Å². The molecule has 1 aromatic carbocycles. The predicted molar refractivity (Wildman–Crippen MR) is 74.3 cm³/mol. The fourth-order valence-corrected chi connectivity index (χ4v) is 2.20. The van der Waals surface area contributed by atoms with Crippen LogP contribution in [0, 0.1) is 0 Å². The van der Waals surface area contributed by atoms with Gasteiger partial charge in [-0.15, -0.1) is 0 Å². The van der Waals surface area contributed by atoms with Crippen LogP contribution in [0.4, 0.5) is 0 Å². The third kappa shape index (κ3) is 3.49. The molecule has 0 saturated heterocycles. The number of hydrazone groups is 1. The van der Waals surface area contributed by atoms with Gasteiger partial charge in [-0.3, -0.25) is 0 Å². The fraction of sp³-hybridized carbons (Fsp3) is 0.364. The lowest BCUT2D eigenvalue weighted by Crippen LogP contribution is -2.15. The highest BCUT2D eigenvalue weighted by Gasteiger charge is 2.08.